The molecule has 0 aromatic rings. The molecule has 0 radical (unpaired) electrons. The molecule has 0 heterocycles. The first kappa shape index (κ1) is 12.2. The standard InChI is InChI=1S/C10H19NO2/c1-6-13-7-11(9(4)5)10(12)8(2)3/h9H,2,6-7H2,1,3-5H3. The van der Waals surface area contributed by atoms with Crippen molar-refractivity contribution < 1.29 is 9.53 Å². The second-order valence-electron chi connectivity index (χ2n) is 3.27. The first-order chi connectivity index (χ1) is 6.00. The number of carbonyl (C=O) groups excluding carboxylic acids is 1. The molecule has 0 saturated heterocycles. The fourth-order valence-corrected chi connectivity index (χ4v) is 0.877. The van der Waals surface area contributed by atoms with Crippen LogP contribution in [0.25, 0.3) is 0 Å². The minimum Gasteiger partial charge on any atom is -0.361 e. The number of hydrogen-bond donors (Lipinski definition) is 0. The predicted molar refractivity (Wildman–Crippen MR) is 53.3 cm³/mol. The minimum atomic E-state index is -0.0385. The quantitative estimate of drug-likeness (QED) is 0.483. The average Bonchev–Trinajstić information content (AvgIpc) is 2.04. The van der Waals surface area contributed by atoms with Gasteiger partial charge in [0.15, 0.2) is 0 Å². The molecule has 0 unspecified atom stereocenters. The maximum atomic E-state index is 11.5. The van der Waals surface area contributed by atoms with Crippen LogP contribution in [0.2, 0.25) is 0 Å². The molecule has 3 nitrogen and oxygen atoms in total. The van der Waals surface area contributed by atoms with Gasteiger partial charge in [0.2, 0.25) is 0 Å². The molecule has 0 aromatic carbocycles. The Labute approximate surface area is 80.4 Å². The van der Waals surface area contributed by atoms with Crippen LogP contribution in [0.1, 0.15) is 27.7 Å². The lowest BCUT2D eigenvalue weighted by molar-refractivity contribution is -0.134. The van der Waals surface area contributed by atoms with Gasteiger partial charge in [-0.2, -0.15) is 0 Å². The summed E-state index contributed by atoms with van der Waals surface area (Å²) in [5, 5.41) is 0. The van der Waals surface area contributed by atoms with Crippen LogP contribution >= 0.6 is 0 Å². The zero-order valence-corrected chi connectivity index (χ0v) is 8.96. The second-order valence-corrected chi connectivity index (χ2v) is 3.27. The molecular formula is C10H19NO2. The smallest absolute Gasteiger partial charge is 0.250 e. The van der Waals surface area contributed by atoms with Crippen molar-refractivity contribution in [2.45, 2.75) is 33.7 Å². The van der Waals surface area contributed by atoms with Crippen molar-refractivity contribution in [1.82, 2.24) is 4.90 Å². The Kier molecular flexibility index (Phi) is 5.39. The van der Waals surface area contributed by atoms with Gasteiger partial charge in [-0.1, -0.05) is 6.58 Å². The molecule has 13 heavy (non-hydrogen) atoms. The molecule has 0 rings (SSSR count). The van der Waals surface area contributed by atoms with E-state index in [2.05, 4.69) is 6.58 Å². The van der Waals surface area contributed by atoms with Gasteiger partial charge >= 0.3 is 0 Å². The minimum absolute atomic E-state index is 0.0385. The molecule has 0 bridgehead atoms. The number of carbonyl (C=O) groups is 1. The Hall–Kier alpha value is -0.830. The van der Waals surface area contributed by atoms with Crippen molar-refractivity contribution in [2.75, 3.05) is 13.3 Å². The Morgan fingerprint density at radius 1 is 1.54 bits per heavy atom. The maximum absolute atomic E-state index is 11.5. The van der Waals surface area contributed by atoms with Gasteiger partial charge in [0, 0.05) is 18.2 Å². The van der Waals surface area contributed by atoms with E-state index in [0.717, 1.165) is 0 Å². The highest BCUT2D eigenvalue weighted by atomic mass is 16.5. The van der Waals surface area contributed by atoms with Crippen molar-refractivity contribution in [1.29, 1.82) is 0 Å². The topological polar surface area (TPSA) is 29.5 Å². The van der Waals surface area contributed by atoms with Gasteiger partial charge in [-0.15, -0.1) is 0 Å². The molecule has 1 amide bonds. The lowest BCUT2D eigenvalue weighted by Gasteiger charge is -2.26. The normalized spacial score (nSPS) is 10.2. The van der Waals surface area contributed by atoms with E-state index in [1.807, 2.05) is 20.8 Å². The largest absolute Gasteiger partial charge is 0.361 e. The third-order valence-corrected chi connectivity index (χ3v) is 1.68. The van der Waals surface area contributed by atoms with Gasteiger partial charge in [-0.05, 0) is 27.7 Å². The number of amides is 1. The highest BCUT2D eigenvalue weighted by Crippen LogP contribution is 2.04. The van der Waals surface area contributed by atoms with E-state index >= 15 is 0 Å². The summed E-state index contributed by atoms with van der Waals surface area (Å²) in [6.07, 6.45) is 0. The number of rotatable bonds is 5. The van der Waals surface area contributed by atoms with Gasteiger partial charge in [0.1, 0.15) is 6.73 Å². The van der Waals surface area contributed by atoms with Crippen LogP contribution in [0, 0.1) is 0 Å². The zero-order chi connectivity index (χ0) is 10.4. The Morgan fingerprint density at radius 3 is 2.38 bits per heavy atom. The van der Waals surface area contributed by atoms with E-state index in [9.17, 15) is 4.79 Å². The summed E-state index contributed by atoms with van der Waals surface area (Å²) >= 11 is 0. The van der Waals surface area contributed by atoms with Gasteiger partial charge in [-0.25, -0.2) is 0 Å². The molecular weight excluding hydrogens is 166 g/mol. The van der Waals surface area contributed by atoms with Gasteiger partial charge < -0.3 is 9.64 Å². The van der Waals surface area contributed by atoms with Crippen LogP contribution < -0.4 is 0 Å². The van der Waals surface area contributed by atoms with Crippen molar-refractivity contribution in [3.63, 3.8) is 0 Å². The summed E-state index contributed by atoms with van der Waals surface area (Å²) in [6, 6.07) is 0.149. The van der Waals surface area contributed by atoms with Crippen LogP contribution in [0.3, 0.4) is 0 Å². The molecule has 3 heteroatoms. The molecule has 0 N–H and O–H groups in total. The van der Waals surface area contributed by atoms with Crippen molar-refractivity contribution in [3.05, 3.63) is 12.2 Å². The van der Waals surface area contributed by atoms with Gasteiger partial charge in [0.25, 0.3) is 5.91 Å². The Balaban J connectivity index is 4.24. The fraction of sp³-hybridized carbons (Fsp3) is 0.700. The van der Waals surface area contributed by atoms with Crippen LogP contribution in [-0.2, 0) is 9.53 Å². The van der Waals surface area contributed by atoms with Crippen molar-refractivity contribution >= 4 is 5.91 Å². The summed E-state index contributed by atoms with van der Waals surface area (Å²) in [5.41, 5.74) is 0.549. The van der Waals surface area contributed by atoms with Crippen molar-refractivity contribution in [3.8, 4) is 0 Å². The van der Waals surface area contributed by atoms with E-state index in [1.165, 1.54) is 0 Å². The molecule has 0 aliphatic carbocycles. The van der Waals surface area contributed by atoms with Crippen LogP contribution in [0.5, 0.6) is 0 Å². The van der Waals surface area contributed by atoms with E-state index in [1.54, 1.807) is 11.8 Å². The Morgan fingerprint density at radius 2 is 2.08 bits per heavy atom. The van der Waals surface area contributed by atoms with E-state index < -0.39 is 0 Å². The van der Waals surface area contributed by atoms with Gasteiger partial charge in [-0.3, -0.25) is 4.79 Å². The molecule has 0 spiro atoms. The van der Waals surface area contributed by atoms with E-state index in [0.29, 0.717) is 18.9 Å². The SMILES string of the molecule is C=C(C)C(=O)N(COCC)C(C)C. The second kappa shape index (κ2) is 5.75. The number of ether oxygens (including phenoxy) is 1. The molecule has 0 fully saturated rings. The highest BCUT2D eigenvalue weighted by molar-refractivity contribution is 5.92. The lowest BCUT2D eigenvalue weighted by Crippen LogP contribution is -2.39. The molecule has 0 aliphatic heterocycles. The monoisotopic (exact) mass is 185 g/mol. The average molecular weight is 185 g/mol. The summed E-state index contributed by atoms with van der Waals surface area (Å²) in [5.74, 6) is -0.0385. The highest BCUT2D eigenvalue weighted by Gasteiger charge is 2.16. The Bertz CT molecular complexity index is 187. The van der Waals surface area contributed by atoms with Crippen LogP contribution in [0.4, 0.5) is 0 Å². The number of hydrogen-bond acceptors (Lipinski definition) is 2. The van der Waals surface area contributed by atoms with E-state index in [4.69, 9.17) is 4.74 Å². The van der Waals surface area contributed by atoms with E-state index in [-0.39, 0.29) is 11.9 Å². The molecule has 0 aliphatic rings. The van der Waals surface area contributed by atoms with Crippen molar-refractivity contribution in [2.24, 2.45) is 0 Å². The third kappa shape index (κ3) is 4.08. The van der Waals surface area contributed by atoms with Crippen LogP contribution in [0.15, 0.2) is 12.2 Å². The van der Waals surface area contributed by atoms with Crippen LogP contribution in [-0.4, -0.2) is 30.2 Å². The summed E-state index contributed by atoms with van der Waals surface area (Å²) in [6.45, 7) is 12.1. The first-order valence-electron chi connectivity index (χ1n) is 4.54. The molecule has 0 atom stereocenters. The summed E-state index contributed by atoms with van der Waals surface area (Å²) in [4.78, 5) is 13.2. The molecule has 0 aromatic heterocycles. The molecule has 76 valence electrons. The summed E-state index contributed by atoms with van der Waals surface area (Å²) in [7, 11) is 0. The van der Waals surface area contributed by atoms with Gasteiger partial charge in [0.05, 0.1) is 0 Å². The maximum Gasteiger partial charge on any atom is 0.250 e. The fourth-order valence-electron chi connectivity index (χ4n) is 0.877. The predicted octanol–water partition coefficient (Wildman–Crippen LogP) is 1.79. The first-order valence-corrected chi connectivity index (χ1v) is 4.54. The third-order valence-electron chi connectivity index (χ3n) is 1.68. The number of nitrogens with zero attached hydrogens (tertiary/aromatic N) is 1. The lowest BCUT2D eigenvalue weighted by atomic mass is 10.2. The zero-order valence-electron chi connectivity index (χ0n) is 8.96. The summed E-state index contributed by atoms with van der Waals surface area (Å²) < 4.78 is 5.19. The molecule has 0 saturated carbocycles.